The molecule has 0 fully saturated rings. The molecule has 0 saturated carbocycles. The van der Waals surface area contributed by atoms with Crippen molar-refractivity contribution in [3.63, 3.8) is 0 Å². The van der Waals surface area contributed by atoms with Gasteiger partial charge in [-0.3, -0.25) is 0 Å². The van der Waals surface area contributed by atoms with Crippen molar-refractivity contribution in [2.24, 2.45) is 0 Å². The van der Waals surface area contributed by atoms with Crippen molar-refractivity contribution in [1.29, 1.82) is 0 Å². The molecular weight excluding hydrogens is 631 g/mol. The summed E-state index contributed by atoms with van der Waals surface area (Å²) in [6.07, 6.45) is 0. The Morgan fingerprint density at radius 3 is 1.34 bits per heavy atom. The minimum atomic E-state index is -1.90. The number of nitrogens with zero attached hydrogens (tertiary/aromatic N) is 3. The molecule has 1 heterocycles. The SMILES string of the molecule is ClC(Cl)(Cl)c1nc(-c2ccc(-c3ccc(C(Br)Br)cc3)cc2)nc(C(Cl)(Cl)Cl)n1. The van der Waals surface area contributed by atoms with Gasteiger partial charge in [-0.05, 0) is 16.7 Å². The molecule has 0 atom stereocenters. The van der Waals surface area contributed by atoms with E-state index in [4.69, 9.17) is 69.6 Å². The lowest BCUT2D eigenvalue weighted by Gasteiger charge is -2.15. The molecule has 0 bridgehead atoms. The Kier molecular flexibility index (Phi) is 7.66. The predicted octanol–water partition coefficient (Wildman–Crippen LogP) is 8.65. The maximum absolute atomic E-state index is 5.92. The van der Waals surface area contributed by atoms with E-state index in [1.807, 2.05) is 48.5 Å². The van der Waals surface area contributed by atoms with Gasteiger partial charge < -0.3 is 0 Å². The fraction of sp³-hybridized carbons (Fsp3) is 0.167. The molecule has 2 aromatic carbocycles. The summed E-state index contributed by atoms with van der Waals surface area (Å²) in [5, 5.41) is 0. The summed E-state index contributed by atoms with van der Waals surface area (Å²) in [5.41, 5.74) is 3.84. The van der Waals surface area contributed by atoms with E-state index in [1.54, 1.807) is 0 Å². The summed E-state index contributed by atoms with van der Waals surface area (Å²) < 4.78 is -3.69. The molecule has 29 heavy (non-hydrogen) atoms. The van der Waals surface area contributed by atoms with Crippen molar-refractivity contribution < 1.29 is 0 Å². The van der Waals surface area contributed by atoms with Gasteiger partial charge in [0.15, 0.2) is 17.5 Å². The Balaban J connectivity index is 1.99. The quantitative estimate of drug-likeness (QED) is 0.269. The Morgan fingerprint density at radius 1 is 0.586 bits per heavy atom. The van der Waals surface area contributed by atoms with Crippen molar-refractivity contribution in [3.8, 4) is 22.5 Å². The third-order valence-corrected chi connectivity index (χ3v) is 5.85. The molecule has 0 N–H and O–H groups in total. The first-order valence-corrected chi connectivity index (χ1v) is 11.9. The van der Waals surface area contributed by atoms with E-state index in [-0.39, 0.29) is 21.2 Å². The zero-order valence-electron chi connectivity index (χ0n) is 14.1. The van der Waals surface area contributed by atoms with Crippen LogP contribution in [0, 0.1) is 0 Å². The first kappa shape index (κ1) is 23.8. The van der Waals surface area contributed by atoms with Gasteiger partial charge in [-0.15, -0.1) is 0 Å². The van der Waals surface area contributed by atoms with Crippen LogP contribution in [0.3, 0.4) is 0 Å². The van der Waals surface area contributed by atoms with Gasteiger partial charge in [-0.1, -0.05) is 150 Å². The summed E-state index contributed by atoms with van der Waals surface area (Å²) in [6, 6.07) is 15.7. The second kappa shape index (κ2) is 9.33. The number of benzene rings is 2. The number of hydrogen-bond acceptors (Lipinski definition) is 3. The highest BCUT2D eigenvalue weighted by molar-refractivity contribution is 9.24. The average Bonchev–Trinajstić information content (AvgIpc) is 2.66. The van der Waals surface area contributed by atoms with Gasteiger partial charge in [0.05, 0.1) is 3.74 Å². The fourth-order valence-electron chi connectivity index (χ4n) is 2.39. The maximum atomic E-state index is 5.92. The molecule has 0 radical (unpaired) electrons. The van der Waals surface area contributed by atoms with Gasteiger partial charge in [0.1, 0.15) is 0 Å². The Bertz CT molecular complexity index is 968. The number of hydrogen-bond donors (Lipinski definition) is 0. The molecule has 0 spiro atoms. The third-order valence-electron chi connectivity index (χ3n) is 3.78. The van der Waals surface area contributed by atoms with Crippen molar-refractivity contribution in [2.45, 2.75) is 11.3 Å². The predicted molar refractivity (Wildman–Crippen MR) is 130 cm³/mol. The zero-order valence-corrected chi connectivity index (χ0v) is 21.8. The number of halogens is 8. The highest BCUT2D eigenvalue weighted by Gasteiger charge is 2.34. The maximum Gasteiger partial charge on any atom is 0.250 e. The van der Waals surface area contributed by atoms with Crippen molar-refractivity contribution in [1.82, 2.24) is 15.0 Å². The third kappa shape index (κ3) is 6.11. The summed E-state index contributed by atoms with van der Waals surface area (Å²) in [5.74, 6) is -0.0360. The first-order valence-electron chi connectivity index (χ1n) is 7.84. The van der Waals surface area contributed by atoms with Crippen LogP contribution in [0.1, 0.15) is 20.9 Å². The Hall–Kier alpha value is 0.150. The van der Waals surface area contributed by atoms with Crippen molar-refractivity contribution in [3.05, 3.63) is 65.7 Å². The molecule has 0 amide bonds. The summed E-state index contributed by atoms with van der Waals surface area (Å²) in [7, 11) is 0. The smallest absolute Gasteiger partial charge is 0.209 e. The van der Waals surface area contributed by atoms with Gasteiger partial charge in [-0.2, -0.15) is 0 Å². The van der Waals surface area contributed by atoms with E-state index >= 15 is 0 Å². The van der Waals surface area contributed by atoms with E-state index in [9.17, 15) is 0 Å². The van der Waals surface area contributed by atoms with Gasteiger partial charge in [0.2, 0.25) is 7.59 Å². The normalized spacial score (nSPS) is 12.4. The minimum absolute atomic E-state index is 0.106. The summed E-state index contributed by atoms with van der Waals surface area (Å²) in [4.78, 5) is 12.4. The van der Waals surface area contributed by atoms with Crippen LogP contribution in [-0.4, -0.2) is 15.0 Å². The molecular formula is C18H9Br2Cl6N3. The van der Waals surface area contributed by atoms with E-state index < -0.39 is 7.59 Å². The molecule has 0 unspecified atom stereocenters. The highest BCUT2D eigenvalue weighted by Crippen LogP contribution is 2.41. The average molecular weight is 640 g/mol. The Morgan fingerprint density at radius 2 is 0.966 bits per heavy atom. The molecule has 0 aliphatic rings. The molecule has 0 saturated heterocycles. The van der Waals surface area contributed by atoms with Crippen molar-refractivity contribution >= 4 is 101 Å². The molecule has 3 aromatic rings. The van der Waals surface area contributed by atoms with E-state index in [2.05, 4.69) is 46.8 Å². The van der Waals surface area contributed by atoms with E-state index in [0.717, 1.165) is 16.7 Å². The lowest BCUT2D eigenvalue weighted by molar-refractivity contribution is 0.851. The second-order valence-electron chi connectivity index (χ2n) is 5.80. The van der Waals surface area contributed by atoms with Gasteiger partial charge in [-0.25, -0.2) is 15.0 Å². The standard InChI is InChI=1S/C18H9Br2Cl6N3/c19-13(20)11-5-1-9(2-6-11)10-3-7-12(8-4-10)14-27-15(17(21,22)23)29-16(28-14)18(24,25)26/h1-8,13H. The minimum Gasteiger partial charge on any atom is -0.209 e. The van der Waals surface area contributed by atoms with Gasteiger partial charge in [0.25, 0.3) is 0 Å². The molecule has 3 rings (SSSR count). The highest BCUT2D eigenvalue weighted by atomic mass is 79.9. The number of alkyl halides is 8. The summed E-state index contributed by atoms with van der Waals surface area (Å²) in [6.45, 7) is 0. The van der Waals surface area contributed by atoms with Crippen molar-refractivity contribution in [2.75, 3.05) is 0 Å². The topological polar surface area (TPSA) is 38.7 Å². The monoisotopic (exact) mass is 635 g/mol. The fourth-order valence-corrected chi connectivity index (χ4v) is 3.51. The lowest BCUT2D eigenvalue weighted by Crippen LogP contribution is -2.16. The van der Waals surface area contributed by atoms with Gasteiger partial charge in [0, 0.05) is 5.56 Å². The zero-order chi connectivity index (χ0) is 21.4. The van der Waals surface area contributed by atoms with Crippen LogP contribution in [0.25, 0.3) is 22.5 Å². The van der Waals surface area contributed by atoms with E-state index in [1.165, 1.54) is 0 Å². The van der Waals surface area contributed by atoms with Crippen LogP contribution in [0.5, 0.6) is 0 Å². The number of aromatic nitrogens is 3. The first-order chi connectivity index (χ1) is 13.4. The second-order valence-corrected chi connectivity index (χ2v) is 13.4. The van der Waals surface area contributed by atoms with Gasteiger partial charge >= 0.3 is 0 Å². The molecule has 11 heteroatoms. The van der Waals surface area contributed by atoms with Crippen LogP contribution in [-0.2, 0) is 7.59 Å². The van der Waals surface area contributed by atoms with Crippen LogP contribution in [0.4, 0.5) is 0 Å². The molecule has 0 aliphatic heterocycles. The molecule has 1 aromatic heterocycles. The van der Waals surface area contributed by atoms with Crippen LogP contribution in [0.15, 0.2) is 48.5 Å². The van der Waals surface area contributed by atoms with Crippen LogP contribution >= 0.6 is 101 Å². The molecule has 3 nitrogen and oxygen atoms in total. The summed E-state index contributed by atoms with van der Waals surface area (Å²) >= 11 is 42.5. The lowest BCUT2D eigenvalue weighted by atomic mass is 10.0. The van der Waals surface area contributed by atoms with E-state index in [0.29, 0.717) is 5.56 Å². The molecule has 152 valence electrons. The Labute approximate surface area is 214 Å². The van der Waals surface area contributed by atoms with Crippen LogP contribution in [0.2, 0.25) is 0 Å². The van der Waals surface area contributed by atoms with Crippen LogP contribution < -0.4 is 0 Å². The largest absolute Gasteiger partial charge is 0.250 e. The molecule has 0 aliphatic carbocycles. The number of rotatable bonds is 3.